The van der Waals surface area contributed by atoms with Crippen molar-refractivity contribution >= 4 is 27.0 Å². The smallest absolute Gasteiger partial charge is 0.210 e. The highest BCUT2D eigenvalue weighted by Gasteiger charge is 2.45. The molecule has 0 aliphatic carbocycles. The van der Waals surface area contributed by atoms with Crippen LogP contribution in [0.15, 0.2) is 47.4 Å². The van der Waals surface area contributed by atoms with Gasteiger partial charge in [-0.3, -0.25) is 4.79 Å². The van der Waals surface area contributed by atoms with E-state index in [2.05, 4.69) is 0 Å². The average Bonchev–Trinajstić information content (AvgIpc) is 2.89. The van der Waals surface area contributed by atoms with Crippen molar-refractivity contribution in [2.75, 3.05) is 6.26 Å². The van der Waals surface area contributed by atoms with Crippen LogP contribution in [0.5, 0.6) is 0 Å². The SMILES string of the molecule is CCC1(C)OC(c2ccc(S(C)(=O)=O)cc2)=C(c2cc(F)ccc2C)C1=O. The Morgan fingerprint density at radius 3 is 2.30 bits per heavy atom. The average molecular weight is 388 g/mol. The molecule has 1 aliphatic heterocycles. The fraction of sp³-hybridized carbons (Fsp3) is 0.286. The Balaban J connectivity index is 2.22. The van der Waals surface area contributed by atoms with Crippen LogP contribution >= 0.6 is 0 Å². The van der Waals surface area contributed by atoms with Gasteiger partial charge in [0.05, 0.1) is 10.5 Å². The van der Waals surface area contributed by atoms with Crippen LogP contribution in [0, 0.1) is 12.7 Å². The second-order valence-electron chi connectivity index (χ2n) is 6.98. The highest BCUT2D eigenvalue weighted by Crippen LogP contribution is 2.43. The summed E-state index contributed by atoms with van der Waals surface area (Å²) in [7, 11) is -3.33. The van der Waals surface area contributed by atoms with Gasteiger partial charge in [-0.2, -0.15) is 0 Å². The molecule has 0 radical (unpaired) electrons. The third-order valence-electron chi connectivity index (χ3n) is 4.95. The van der Waals surface area contributed by atoms with Gasteiger partial charge in [-0.25, -0.2) is 12.8 Å². The summed E-state index contributed by atoms with van der Waals surface area (Å²) in [6, 6.07) is 10.5. The fourth-order valence-electron chi connectivity index (χ4n) is 3.09. The number of rotatable bonds is 4. The van der Waals surface area contributed by atoms with Gasteiger partial charge in [0, 0.05) is 11.8 Å². The molecule has 0 bridgehead atoms. The van der Waals surface area contributed by atoms with E-state index in [1.807, 2.05) is 6.92 Å². The van der Waals surface area contributed by atoms with Crippen molar-refractivity contribution in [3.8, 4) is 0 Å². The maximum atomic E-state index is 13.9. The fourth-order valence-corrected chi connectivity index (χ4v) is 3.72. The number of Topliss-reactive ketones (excluding diaryl/α,β-unsaturated/α-hetero) is 1. The molecule has 2 aromatic rings. The number of sulfone groups is 1. The van der Waals surface area contributed by atoms with Crippen LogP contribution in [0.3, 0.4) is 0 Å². The van der Waals surface area contributed by atoms with E-state index in [1.165, 1.54) is 24.3 Å². The Labute approximate surface area is 158 Å². The van der Waals surface area contributed by atoms with Crippen molar-refractivity contribution in [2.45, 2.75) is 37.7 Å². The minimum atomic E-state index is -3.33. The number of ketones is 1. The number of ether oxygens (including phenoxy) is 1. The van der Waals surface area contributed by atoms with Crippen molar-refractivity contribution in [1.82, 2.24) is 0 Å². The lowest BCUT2D eigenvalue weighted by Crippen LogP contribution is -2.32. The van der Waals surface area contributed by atoms with Crippen LogP contribution in [0.4, 0.5) is 4.39 Å². The molecule has 27 heavy (non-hydrogen) atoms. The lowest BCUT2D eigenvalue weighted by atomic mass is 9.88. The van der Waals surface area contributed by atoms with Crippen molar-refractivity contribution in [3.63, 3.8) is 0 Å². The van der Waals surface area contributed by atoms with Crippen LogP contribution < -0.4 is 0 Å². The minimum absolute atomic E-state index is 0.179. The van der Waals surface area contributed by atoms with Crippen molar-refractivity contribution in [2.24, 2.45) is 0 Å². The van der Waals surface area contributed by atoms with Crippen LogP contribution in [0.25, 0.3) is 11.3 Å². The van der Waals surface area contributed by atoms with Gasteiger partial charge in [0.1, 0.15) is 11.6 Å². The molecule has 1 unspecified atom stereocenters. The predicted octanol–water partition coefficient (Wildman–Crippen LogP) is 4.17. The quantitative estimate of drug-likeness (QED) is 0.789. The lowest BCUT2D eigenvalue weighted by molar-refractivity contribution is -0.126. The summed E-state index contributed by atoms with van der Waals surface area (Å²) in [5.41, 5.74) is 1.10. The van der Waals surface area contributed by atoms with E-state index in [0.717, 1.165) is 11.8 Å². The Kier molecular flexibility index (Phi) is 4.72. The topological polar surface area (TPSA) is 60.4 Å². The van der Waals surface area contributed by atoms with Gasteiger partial charge >= 0.3 is 0 Å². The summed E-state index contributed by atoms with van der Waals surface area (Å²) in [4.78, 5) is 13.3. The summed E-state index contributed by atoms with van der Waals surface area (Å²) < 4.78 is 43.3. The van der Waals surface area contributed by atoms with E-state index in [0.29, 0.717) is 28.9 Å². The second-order valence-corrected chi connectivity index (χ2v) is 8.99. The van der Waals surface area contributed by atoms with E-state index in [4.69, 9.17) is 4.74 Å². The Morgan fingerprint density at radius 2 is 1.74 bits per heavy atom. The number of hydrogen-bond acceptors (Lipinski definition) is 4. The van der Waals surface area contributed by atoms with Gasteiger partial charge in [0.2, 0.25) is 5.78 Å². The lowest BCUT2D eigenvalue weighted by Gasteiger charge is -2.21. The number of halogens is 1. The Bertz CT molecular complexity index is 1050. The zero-order chi connectivity index (χ0) is 20.0. The van der Waals surface area contributed by atoms with Crippen LogP contribution in [0.1, 0.15) is 37.0 Å². The molecule has 0 saturated heterocycles. The molecule has 0 fully saturated rings. The Hall–Kier alpha value is -2.47. The molecule has 0 spiro atoms. The number of carbonyl (C=O) groups is 1. The van der Waals surface area contributed by atoms with E-state index in [-0.39, 0.29) is 10.7 Å². The zero-order valence-corrected chi connectivity index (χ0v) is 16.5. The molecule has 3 rings (SSSR count). The highest BCUT2D eigenvalue weighted by atomic mass is 32.2. The third kappa shape index (κ3) is 3.41. The molecule has 1 atom stereocenters. The van der Waals surface area contributed by atoms with Gasteiger partial charge in [-0.15, -0.1) is 0 Å². The maximum absolute atomic E-state index is 13.9. The molecule has 4 nitrogen and oxygen atoms in total. The van der Waals surface area contributed by atoms with Crippen LogP contribution in [-0.2, 0) is 19.4 Å². The molecule has 1 heterocycles. The monoisotopic (exact) mass is 388 g/mol. The first-order valence-electron chi connectivity index (χ1n) is 8.62. The summed E-state index contributed by atoms with van der Waals surface area (Å²) >= 11 is 0. The van der Waals surface area contributed by atoms with Gasteiger partial charge < -0.3 is 4.74 Å². The van der Waals surface area contributed by atoms with E-state index in [1.54, 1.807) is 32.0 Å². The maximum Gasteiger partial charge on any atom is 0.210 e. The standard InChI is InChI=1S/C21H21FO4S/c1-5-21(3)20(23)18(17-12-15(22)9-6-13(17)2)19(26-21)14-7-10-16(11-8-14)27(4,24)25/h6-12H,5H2,1-4H3. The van der Waals surface area contributed by atoms with Crippen LogP contribution in [0.2, 0.25) is 0 Å². The summed E-state index contributed by atoms with van der Waals surface area (Å²) in [5.74, 6) is -0.299. The van der Waals surface area contributed by atoms with Gasteiger partial charge in [-0.05, 0) is 67.8 Å². The van der Waals surface area contributed by atoms with Crippen molar-refractivity contribution in [3.05, 3.63) is 65.0 Å². The normalized spacial score (nSPS) is 20.1. The molecule has 0 amide bonds. The number of aryl methyl sites for hydroxylation is 1. The zero-order valence-electron chi connectivity index (χ0n) is 15.7. The molecule has 0 aromatic heterocycles. The van der Waals surface area contributed by atoms with Gasteiger partial charge in [-0.1, -0.05) is 13.0 Å². The number of benzene rings is 2. The summed E-state index contributed by atoms with van der Waals surface area (Å²) in [6.45, 7) is 5.37. The molecular weight excluding hydrogens is 367 g/mol. The highest BCUT2D eigenvalue weighted by molar-refractivity contribution is 7.90. The van der Waals surface area contributed by atoms with Gasteiger partial charge in [0.15, 0.2) is 15.4 Å². The molecule has 0 saturated carbocycles. The van der Waals surface area contributed by atoms with E-state index >= 15 is 0 Å². The largest absolute Gasteiger partial charge is 0.478 e. The van der Waals surface area contributed by atoms with E-state index < -0.39 is 21.3 Å². The molecule has 0 N–H and O–H groups in total. The first kappa shape index (κ1) is 19.3. The molecule has 6 heteroatoms. The summed E-state index contributed by atoms with van der Waals surface area (Å²) in [6.07, 6.45) is 1.58. The Morgan fingerprint density at radius 1 is 1.11 bits per heavy atom. The second kappa shape index (κ2) is 6.60. The first-order valence-corrected chi connectivity index (χ1v) is 10.5. The van der Waals surface area contributed by atoms with Crippen LogP contribution in [-0.4, -0.2) is 26.1 Å². The number of carbonyl (C=O) groups excluding carboxylic acids is 1. The molecule has 2 aromatic carbocycles. The minimum Gasteiger partial charge on any atom is -0.478 e. The number of hydrogen-bond donors (Lipinski definition) is 0. The van der Waals surface area contributed by atoms with E-state index in [9.17, 15) is 17.6 Å². The van der Waals surface area contributed by atoms with Crippen molar-refractivity contribution < 1.29 is 22.3 Å². The molecular formula is C21H21FO4S. The predicted molar refractivity (Wildman–Crippen MR) is 102 cm³/mol. The van der Waals surface area contributed by atoms with Crippen molar-refractivity contribution in [1.29, 1.82) is 0 Å². The molecule has 1 aliphatic rings. The van der Waals surface area contributed by atoms with Gasteiger partial charge in [0.25, 0.3) is 0 Å². The summed E-state index contributed by atoms with van der Waals surface area (Å²) in [5, 5.41) is 0. The molecule has 142 valence electrons. The third-order valence-corrected chi connectivity index (χ3v) is 6.08. The first-order chi connectivity index (χ1) is 12.6.